The highest BCUT2D eigenvalue weighted by Crippen LogP contribution is 2.21. The fraction of sp³-hybridized carbons (Fsp3) is 0.750. The molecule has 1 aromatic heterocycles. The van der Waals surface area contributed by atoms with E-state index in [1.165, 1.54) is 31.2 Å². The fourth-order valence-electron chi connectivity index (χ4n) is 3.67. The van der Waals surface area contributed by atoms with E-state index in [2.05, 4.69) is 23.8 Å². The third-order valence-corrected chi connectivity index (χ3v) is 4.74. The predicted octanol–water partition coefficient (Wildman–Crippen LogP) is 1.99. The largest absolute Gasteiger partial charge is 0.296 e. The zero-order valence-corrected chi connectivity index (χ0v) is 12.6. The van der Waals surface area contributed by atoms with E-state index in [9.17, 15) is 4.79 Å². The molecule has 1 atom stereocenters. The van der Waals surface area contributed by atoms with Gasteiger partial charge in [-0.05, 0) is 64.5 Å². The van der Waals surface area contributed by atoms with Gasteiger partial charge in [-0.1, -0.05) is 0 Å². The molecule has 1 aliphatic heterocycles. The molecule has 0 spiro atoms. The summed E-state index contributed by atoms with van der Waals surface area (Å²) in [6, 6.07) is 2.86. The van der Waals surface area contributed by atoms with Gasteiger partial charge in [0.15, 0.2) is 0 Å². The van der Waals surface area contributed by atoms with Gasteiger partial charge in [0.05, 0.1) is 12.2 Å². The van der Waals surface area contributed by atoms with E-state index >= 15 is 0 Å². The minimum atomic E-state index is 0.0845. The Kier molecular flexibility index (Phi) is 3.92. The van der Waals surface area contributed by atoms with Gasteiger partial charge in [0, 0.05) is 18.2 Å². The standard InChI is InChI=1S/C16H25N3O/c1-12(2)18-9-5-7-14(18)11-19-16(20)10-13-6-3-4-8-15(13)17-19/h10,12,14H,3-9,11H2,1-2H3. The molecule has 1 fully saturated rings. The number of rotatable bonds is 3. The van der Waals surface area contributed by atoms with Crippen LogP contribution in [0.4, 0.5) is 0 Å². The van der Waals surface area contributed by atoms with Crippen LogP contribution in [0.15, 0.2) is 10.9 Å². The summed E-state index contributed by atoms with van der Waals surface area (Å²) in [5.41, 5.74) is 2.43. The van der Waals surface area contributed by atoms with Crippen molar-refractivity contribution in [2.24, 2.45) is 0 Å². The van der Waals surface area contributed by atoms with Gasteiger partial charge in [0.2, 0.25) is 0 Å². The van der Waals surface area contributed by atoms with Crippen LogP contribution in [0.5, 0.6) is 0 Å². The fourth-order valence-corrected chi connectivity index (χ4v) is 3.67. The molecule has 20 heavy (non-hydrogen) atoms. The van der Waals surface area contributed by atoms with Gasteiger partial charge in [-0.15, -0.1) is 0 Å². The summed E-state index contributed by atoms with van der Waals surface area (Å²) in [5.74, 6) is 0. The van der Waals surface area contributed by atoms with Gasteiger partial charge in [0.1, 0.15) is 0 Å². The molecular formula is C16H25N3O. The van der Waals surface area contributed by atoms with E-state index in [-0.39, 0.29) is 5.56 Å². The molecular weight excluding hydrogens is 250 g/mol. The van der Waals surface area contributed by atoms with Gasteiger partial charge in [-0.2, -0.15) is 5.10 Å². The Morgan fingerprint density at radius 3 is 2.90 bits per heavy atom. The van der Waals surface area contributed by atoms with E-state index in [1.54, 1.807) is 4.68 Å². The van der Waals surface area contributed by atoms with Crippen LogP contribution in [0.3, 0.4) is 0 Å². The second-order valence-electron chi connectivity index (χ2n) is 6.47. The molecule has 110 valence electrons. The van der Waals surface area contributed by atoms with Crippen molar-refractivity contribution in [3.8, 4) is 0 Å². The summed E-state index contributed by atoms with van der Waals surface area (Å²) in [4.78, 5) is 14.7. The molecule has 0 N–H and O–H groups in total. The zero-order chi connectivity index (χ0) is 14.1. The zero-order valence-electron chi connectivity index (χ0n) is 12.6. The van der Waals surface area contributed by atoms with Gasteiger partial charge < -0.3 is 0 Å². The lowest BCUT2D eigenvalue weighted by atomic mass is 9.97. The summed E-state index contributed by atoms with van der Waals surface area (Å²) in [7, 11) is 0. The van der Waals surface area contributed by atoms with Crippen molar-refractivity contribution in [2.75, 3.05) is 6.54 Å². The number of aromatic nitrogens is 2. The van der Waals surface area contributed by atoms with Crippen molar-refractivity contribution in [3.63, 3.8) is 0 Å². The number of hydrogen-bond acceptors (Lipinski definition) is 3. The molecule has 0 radical (unpaired) electrons. The number of likely N-dealkylation sites (tertiary alicyclic amines) is 1. The predicted molar refractivity (Wildman–Crippen MR) is 80.0 cm³/mol. The van der Waals surface area contributed by atoms with Crippen molar-refractivity contribution in [1.82, 2.24) is 14.7 Å². The lowest BCUT2D eigenvalue weighted by molar-refractivity contribution is 0.181. The Balaban J connectivity index is 1.82. The molecule has 1 unspecified atom stereocenters. The summed E-state index contributed by atoms with van der Waals surface area (Å²) < 4.78 is 1.72. The lowest BCUT2D eigenvalue weighted by Crippen LogP contribution is -2.41. The molecule has 3 rings (SSSR count). The van der Waals surface area contributed by atoms with Crippen LogP contribution in [0.2, 0.25) is 0 Å². The van der Waals surface area contributed by atoms with Crippen molar-refractivity contribution in [1.29, 1.82) is 0 Å². The smallest absolute Gasteiger partial charge is 0.267 e. The quantitative estimate of drug-likeness (QED) is 0.847. The van der Waals surface area contributed by atoms with Crippen LogP contribution in [-0.4, -0.2) is 33.3 Å². The maximum atomic E-state index is 12.2. The van der Waals surface area contributed by atoms with Crippen molar-refractivity contribution in [2.45, 2.75) is 71.0 Å². The lowest BCUT2D eigenvalue weighted by Gasteiger charge is -2.28. The molecule has 0 saturated carbocycles. The van der Waals surface area contributed by atoms with Crippen LogP contribution >= 0.6 is 0 Å². The Morgan fingerprint density at radius 2 is 2.10 bits per heavy atom. The van der Waals surface area contributed by atoms with Crippen LogP contribution < -0.4 is 5.56 Å². The Morgan fingerprint density at radius 1 is 1.30 bits per heavy atom. The average Bonchev–Trinajstić information content (AvgIpc) is 2.88. The maximum Gasteiger partial charge on any atom is 0.267 e. The second kappa shape index (κ2) is 5.68. The molecule has 2 aliphatic rings. The number of aryl methyl sites for hydroxylation is 2. The average molecular weight is 275 g/mol. The number of nitrogens with zero attached hydrogens (tertiary/aromatic N) is 3. The summed E-state index contributed by atoms with van der Waals surface area (Å²) in [6.45, 7) is 6.38. The first-order valence-corrected chi connectivity index (χ1v) is 8.01. The molecule has 4 nitrogen and oxygen atoms in total. The van der Waals surface area contributed by atoms with E-state index in [0.717, 1.165) is 31.6 Å². The van der Waals surface area contributed by atoms with E-state index < -0.39 is 0 Å². The van der Waals surface area contributed by atoms with E-state index in [4.69, 9.17) is 0 Å². The number of fused-ring (bicyclic) bond motifs is 1. The molecule has 4 heteroatoms. The molecule has 1 aliphatic carbocycles. The van der Waals surface area contributed by atoms with Crippen molar-refractivity contribution < 1.29 is 0 Å². The normalized spacial score (nSPS) is 23.2. The Hall–Kier alpha value is -1.16. The molecule has 2 heterocycles. The molecule has 1 aromatic rings. The molecule has 0 bridgehead atoms. The van der Waals surface area contributed by atoms with Gasteiger partial charge in [0.25, 0.3) is 5.56 Å². The van der Waals surface area contributed by atoms with Gasteiger partial charge in [-0.25, -0.2) is 4.68 Å². The highest BCUT2D eigenvalue weighted by atomic mass is 16.1. The van der Waals surface area contributed by atoms with Crippen molar-refractivity contribution >= 4 is 0 Å². The SMILES string of the molecule is CC(C)N1CCCC1Cn1nc2c(cc1=O)CCCC2. The molecule has 0 amide bonds. The molecule has 1 saturated heterocycles. The minimum absolute atomic E-state index is 0.0845. The first-order chi connectivity index (χ1) is 9.65. The third kappa shape index (κ3) is 2.66. The second-order valence-corrected chi connectivity index (χ2v) is 6.47. The third-order valence-electron chi connectivity index (χ3n) is 4.74. The van der Waals surface area contributed by atoms with Crippen LogP contribution in [0.25, 0.3) is 0 Å². The molecule has 0 aromatic carbocycles. The summed E-state index contributed by atoms with van der Waals surface area (Å²) in [6.07, 6.45) is 6.89. The summed E-state index contributed by atoms with van der Waals surface area (Å²) in [5, 5.41) is 4.65. The topological polar surface area (TPSA) is 38.1 Å². The van der Waals surface area contributed by atoms with Gasteiger partial charge in [-0.3, -0.25) is 9.69 Å². The minimum Gasteiger partial charge on any atom is -0.296 e. The van der Waals surface area contributed by atoms with Crippen molar-refractivity contribution in [3.05, 3.63) is 27.7 Å². The Labute approximate surface area is 120 Å². The highest BCUT2D eigenvalue weighted by molar-refractivity contribution is 5.20. The van der Waals surface area contributed by atoms with Crippen LogP contribution in [0.1, 0.15) is 50.8 Å². The highest BCUT2D eigenvalue weighted by Gasteiger charge is 2.27. The monoisotopic (exact) mass is 275 g/mol. The maximum absolute atomic E-state index is 12.2. The van der Waals surface area contributed by atoms with Crippen LogP contribution in [-0.2, 0) is 19.4 Å². The van der Waals surface area contributed by atoms with Gasteiger partial charge >= 0.3 is 0 Å². The summed E-state index contributed by atoms with van der Waals surface area (Å²) >= 11 is 0. The van der Waals surface area contributed by atoms with E-state index in [0.29, 0.717) is 12.1 Å². The Bertz CT molecular complexity index is 535. The first-order valence-electron chi connectivity index (χ1n) is 8.01. The first kappa shape index (κ1) is 13.8. The number of hydrogen-bond donors (Lipinski definition) is 0. The van der Waals surface area contributed by atoms with E-state index in [1.807, 2.05) is 6.07 Å². The van der Waals surface area contributed by atoms with Crippen LogP contribution in [0, 0.1) is 0 Å².